The average Bonchev–Trinajstić information content (AvgIpc) is 2.91. The molecule has 2 aliphatic rings. The first-order chi connectivity index (χ1) is 20.2. The summed E-state index contributed by atoms with van der Waals surface area (Å²) in [6.07, 6.45) is -2.24. The Hall–Kier alpha value is -2.07. The number of aliphatic carboxylic acids is 1. The number of aliphatic hydroxyl groups excluding tert-OH is 5. The number of likely N-dealkylation sites (tertiary alicyclic amines) is 1. The number of nitrogens with two attached hydrogens (primary N) is 2. The highest BCUT2D eigenvalue weighted by Crippen LogP contribution is 2.06. The van der Waals surface area contributed by atoms with E-state index in [4.69, 9.17) is 61.4 Å². The van der Waals surface area contributed by atoms with E-state index in [1.807, 2.05) is 14.0 Å². The molecular formula is C26H63N5O13. The average molecular weight is 654 g/mol. The number of rotatable bonds is 4. The summed E-state index contributed by atoms with van der Waals surface area (Å²) in [7, 11) is 3.93. The Morgan fingerprint density at radius 1 is 0.955 bits per heavy atom. The molecule has 44 heavy (non-hydrogen) atoms. The summed E-state index contributed by atoms with van der Waals surface area (Å²) in [6.45, 7) is 14.0. The van der Waals surface area contributed by atoms with Gasteiger partial charge in [0.25, 0.3) is 5.97 Å². The second-order valence-electron chi connectivity index (χ2n) is 8.92. The van der Waals surface area contributed by atoms with Gasteiger partial charge in [-0.15, -0.1) is 0 Å². The maximum atomic E-state index is 10.7. The number of ether oxygens (including phenoxy) is 1. The highest BCUT2D eigenvalue weighted by atomic mass is 16.8. The number of hydrogen-bond donors (Lipinski definition) is 11. The van der Waals surface area contributed by atoms with Crippen LogP contribution in [0.15, 0.2) is 0 Å². The van der Waals surface area contributed by atoms with E-state index < -0.39 is 30.6 Å². The number of carboxylic acids is 1. The smallest absolute Gasteiger partial charge is 0.300 e. The van der Waals surface area contributed by atoms with Crippen LogP contribution in [0.4, 0.5) is 0 Å². The summed E-state index contributed by atoms with van der Waals surface area (Å²) >= 11 is 0. The quantitative estimate of drug-likeness (QED) is 0.115. The van der Waals surface area contributed by atoms with E-state index in [1.165, 1.54) is 33.2 Å². The molecule has 18 nitrogen and oxygen atoms in total. The number of hydrogen-bond acceptors (Lipinski definition) is 15. The van der Waals surface area contributed by atoms with E-state index in [9.17, 15) is 9.59 Å². The van der Waals surface area contributed by atoms with E-state index in [-0.39, 0.29) is 24.3 Å². The normalized spacial score (nSPS) is 15.7. The van der Waals surface area contributed by atoms with E-state index in [0.29, 0.717) is 5.91 Å². The van der Waals surface area contributed by atoms with Gasteiger partial charge >= 0.3 is 0 Å². The summed E-state index contributed by atoms with van der Waals surface area (Å²) in [5.74, 6) is -0.865. The second-order valence-corrected chi connectivity index (χ2v) is 8.92. The Bertz CT molecular complexity index is 579. The molecule has 2 aliphatic heterocycles. The molecule has 0 aromatic heterocycles. The fourth-order valence-electron chi connectivity index (χ4n) is 2.12. The SMILES string of the molecule is CC(=O)O.CC(N)=O.CC(O)C(O)C(O)C(O)O.CCN.CCN(O)O.CCO.CN1CCCCC1=O.CN1CCCOC1. The van der Waals surface area contributed by atoms with Gasteiger partial charge in [0.1, 0.15) is 12.2 Å². The summed E-state index contributed by atoms with van der Waals surface area (Å²) in [5.41, 5.74) is 9.32. The number of carbonyl (C=O) groups excluding carboxylic acids is 2. The van der Waals surface area contributed by atoms with Crippen LogP contribution in [0.3, 0.4) is 0 Å². The van der Waals surface area contributed by atoms with Crippen molar-refractivity contribution in [3.8, 4) is 0 Å². The molecule has 2 fully saturated rings. The maximum Gasteiger partial charge on any atom is 0.300 e. The van der Waals surface area contributed by atoms with Gasteiger partial charge in [-0.05, 0) is 53.6 Å². The zero-order valence-corrected chi connectivity index (χ0v) is 27.7. The van der Waals surface area contributed by atoms with Crippen molar-refractivity contribution in [3.05, 3.63) is 0 Å². The predicted octanol–water partition coefficient (Wildman–Crippen LogP) is -2.04. The van der Waals surface area contributed by atoms with Crippen LogP contribution in [0.1, 0.15) is 67.2 Å². The van der Waals surface area contributed by atoms with Crippen molar-refractivity contribution in [2.24, 2.45) is 11.5 Å². The van der Waals surface area contributed by atoms with Crippen molar-refractivity contribution in [1.29, 1.82) is 0 Å². The standard InChI is InChI=1S/C6H11NO.C5H11NO.C5H12O5.C2H7NO2.C2H5NO.C2H7N.C2H4O2.C2H6O/c1-7-5-3-2-4-6(7)8;1-6-3-2-4-7-5-6;1-2(6)3(7)4(8)5(9)10;1-2-3(4)5;1-2(3)4;1-2-3;1-2(3)4;1-2-3/h2-5H2,1H3;2-5H2,1H3;2-10H,1H3;4-5H,2H2,1H3;1H3,(H2,3,4);2-3H2,1H3;1H3,(H,3,4);3H,2H2,1H3. The zero-order valence-electron chi connectivity index (χ0n) is 27.7. The van der Waals surface area contributed by atoms with Gasteiger partial charge in [0, 0.05) is 60.2 Å². The Labute approximate surface area is 262 Å². The number of primary amides is 1. The van der Waals surface area contributed by atoms with Gasteiger partial charge in [0.05, 0.1) is 12.8 Å². The van der Waals surface area contributed by atoms with Gasteiger partial charge in [-0.3, -0.25) is 29.7 Å². The molecule has 0 bridgehead atoms. The third-order valence-corrected chi connectivity index (χ3v) is 4.13. The van der Waals surface area contributed by atoms with Crippen molar-refractivity contribution >= 4 is 17.8 Å². The fraction of sp³-hybridized carbons (Fsp3) is 0.885. The molecule has 3 unspecified atom stereocenters. The lowest BCUT2D eigenvalue weighted by Gasteiger charge is -2.21. The minimum atomic E-state index is -2.02. The molecule has 0 spiro atoms. The molecule has 13 N–H and O–H groups in total. The molecule has 2 rings (SSSR count). The summed E-state index contributed by atoms with van der Waals surface area (Å²) in [5, 5.41) is 73.2. The number of aliphatic hydroxyl groups is 6. The number of nitrogens with zero attached hydrogens (tertiary/aromatic N) is 3. The Morgan fingerprint density at radius 2 is 1.34 bits per heavy atom. The first-order valence-electron chi connectivity index (χ1n) is 14.1. The topological polar surface area (TPSA) is 304 Å². The molecule has 0 aromatic carbocycles. The van der Waals surface area contributed by atoms with Crippen LogP contribution >= 0.6 is 0 Å². The maximum absolute atomic E-state index is 10.7. The van der Waals surface area contributed by atoms with Crippen molar-refractivity contribution < 1.29 is 65.3 Å². The summed E-state index contributed by atoms with van der Waals surface area (Å²) in [4.78, 5) is 32.9. The highest BCUT2D eigenvalue weighted by molar-refractivity contribution is 5.76. The molecule has 2 saturated heterocycles. The lowest BCUT2D eigenvalue weighted by molar-refractivity contribution is -0.303. The number of hydroxylamine groups is 2. The molecule has 2 heterocycles. The third-order valence-electron chi connectivity index (χ3n) is 4.13. The molecule has 270 valence electrons. The van der Waals surface area contributed by atoms with Gasteiger partial charge in [-0.25, -0.2) is 0 Å². The molecule has 0 saturated carbocycles. The molecule has 18 heteroatoms. The Balaban J connectivity index is -0.0000000975. The first-order valence-corrected chi connectivity index (χ1v) is 14.1. The van der Waals surface area contributed by atoms with Crippen molar-refractivity contribution in [2.45, 2.75) is 91.8 Å². The summed E-state index contributed by atoms with van der Waals surface area (Å²) in [6, 6.07) is 0. The minimum Gasteiger partial charge on any atom is -0.481 e. The molecule has 3 atom stereocenters. The molecule has 0 aliphatic carbocycles. The monoisotopic (exact) mass is 653 g/mol. The number of piperidine rings is 1. The van der Waals surface area contributed by atoms with Crippen LogP contribution in [0, 0.1) is 0 Å². The van der Waals surface area contributed by atoms with E-state index in [0.717, 1.165) is 46.2 Å². The first kappa shape index (κ1) is 54.4. The predicted molar refractivity (Wildman–Crippen MR) is 163 cm³/mol. The van der Waals surface area contributed by atoms with Gasteiger partial charge < -0.3 is 56.8 Å². The van der Waals surface area contributed by atoms with Crippen LogP contribution in [0.2, 0.25) is 0 Å². The lowest BCUT2D eigenvalue weighted by atomic mass is 10.1. The van der Waals surface area contributed by atoms with Crippen LogP contribution < -0.4 is 11.5 Å². The van der Waals surface area contributed by atoms with Gasteiger partial charge in [-0.1, -0.05) is 12.2 Å². The fourth-order valence-corrected chi connectivity index (χ4v) is 2.12. The van der Waals surface area contributed by atoms with Crippen molar-refractivity contribution in [2.75, 3.05) is 60.2 Å². The number of amides is 2. The number of carboxylic acid groups (broad SMARTS) is 1. The molecule has 2 amide bonds. The van der Waals surface area contributed by atoms with Crippen LogP contribution in [0.5, 0.6) is 0 Å². The van der Waals surface area contributed by atoms with Crippen LogP contribution in [-0.4, -0.2) is 164 Å². The Kier molecular flexibility index (Phi) is 50.6. The van der Waals surface area contributed by atoms with Crippen LogP contribution in [-0.2, 0) is 19.1 Å². The lowest BCUT2D eigenvalue weighted by Crippen LogP contribution is -2.43. The van der Waals surface area contributed by atoms with E-state index in [2.05, 4.69) is 17.7 Å². The van der Waals surface area contributed by atoms with E-state index in [1.54, 1.807) is 18.7 Å². The second kappa shape index (κ2) is 40.9. The third kappa shape index (κ3) is 63.3. The van der Waals surface area contributed by atoms with Gasteiger partial charge in [0.15, 0.2) is 6.29 Å². The largest absolute Gasteiger partial charge is 0.481 e. The molecular weight excluding hydrogens is 590 g/mol. The van der Waals surface area contributed by atoms with Crippen molar-refractivity contribution in [1.82, 2.24) is 15.0 Å². The molecule has 0 radical (unpaired) electrons. The Morgan fingerprint density at radius 3 is 1.48 bits per heavy atom. The highest BCUT2D eigenvalue weighted by Gasteiger charge is 2.26. The van der Waals surface area contributed by atoms with Crippen LogP contribution in [0.25, 0.3) is 0 Å². The van der Waals surface area contributed by atoms with Gasteiger partial charge in [0.2, 0.25) is 11.8 Å². The number of carbonyl (C=O) groups is 3. The minimum absolute atomic E-state index is 0.125. The summed E-state index contributed by atoms with van der Waals surface area (Å²) < 4.78 is 5.11. The zero-order chi connectivity index (χ0) is 36.3. The van der Waals surface area contributed by atoms with Crippen molar-refractivity contribution in [3.63, 3.8) is 0 Å². The molecule has 0 aromatic rings. The van der Waals surface area contributed by atoms with E-state index >= 15 is 0 Å². The van der Waals surface area contributed by atoms with Gasteiger partial charge in [-0.2, -0.15) is 0 Å².